The normalized spacial score (nSPS) is 12.4. The molecule has 0 fully saturated rings. The fourth-order valence-corrected chi connectivity index (χ4v) is 3.05. The molecule has 0 spiro atoms. The smallest absolute Gasteiger partial charge is 0.242 e. The average Bonchev–Trinajstić information content (AvgIpc) is 2.40. The van der Waals surface area contributed by atoms with Crippen molar-refractivity contribution in [3.8, 4) is 5.75 Å². The average molecular weight is 312 g/mol. The van der Waals surface area contributed by atoms with E-state index in [4.69, 9.17) is 9.42 Å². The molecule has 116 valence electrons. The first-order valence-corrected chi connectivity index (χ1v) is 10.9. The third-order valence-electron chi connectivity index (χ3n) is 3.17. The Morgan fingerprint density at radius 2 is 1.86 bits per heavy atom. The Morgan fingerprint density at radius 1 is 1.14 bits per heavy atom. The minimum atomic E-state index is -1.68. The molecule has 1 heterocycles. The first-order chi connectivity index (χ1) is 10.3. The number of aromatic nitrogens is 1. The summed E-state index contributed by atoms with van der Waals surface area (Å²) in [5, 5.41) is 0. The van der Waals surface area contributed by atoms with Crippen LogP contribution in [0.4, 0.5) is 5.69 Å². The molecule has 1 aromatic heterocycles. The largest absolute Gasteiger partial charge is 0.543 e. The summed E-state index contributed by atoms with van der Waals surface area (Å²) in [5.41, 5.74) is 5.02. The highest BCUT2D eigenvalue weighted by atomic mass is 28.4. The molecule has 2 rings (SSSR count). The molecule has 2 aromatic rings. The Labute approximate surface area is 134 Å². The molecule has 3 nitrogen and oxygen atoms in total. The van der Waals surface area contributed by atoms with Gasteiger partial charge in [0, 0.05) is 6.20 Å². The lowest BCUT2D eigenvalue weighted by atomic mass is 10.1. The second-order valence-electron chi connectivity index (χ2n) is 6.55. The van der Waals surface area contributed by atoms with Crippen LogP contribution >= 0.6 is 0 Å². The summed E-state index contributed by atoms with van der Waals surface area (Å²) < 4.78 is 6.19. The quantitative estimate of drug-likeness (QED) is 0.584. The van der Waals surface area contributed by atoms with Crippen LogP contribution in [0.15, 0.2) is 41.5 Å². The van der Waals surface area contributed by atoms with Gasteiger partial charge in [-0.15, -0.1) is 0 Å². The number of nitrogens with zero attached hydrogens (tertiary/aromatic N) is 2. The molecule has 0 saturated carbocycles. The van der Waals surface area contributed by atoms with E-state index in [0.717, 1.165) is 28.4 Å². The summed E-state index contributed by atoms with van der Waals surface area (Å²) in [6, 6.07) is 10.1. The lowest BCUT2D eigenvalue weighted by Crippen LogP contribution is -2.29. The van der Waals surface area contributed by atoms with E-state index in [1.807, 2.05) is 19.1 Å². The highest BCUT2D eigenvalue weighted by Crippen LogP contribution is 2.31. The van der Waals surface area contributed by atoms with Crippen molar-refractivity contribution in [3.05, 3.63) is 53.3 Å². The molecule has 1 aromatic carbocycles. The Balaban J connectivity index is 2.44. The van der Waals surface area contributed by atoms with Gasteiger partial charge in [0.25, 0.3) is 0 Å². The van der Waals surface area contributed by atoms with Gasteiger partial charge in [0.1, 0.15) is 11.4 Å². The first-order valence-electron chi connectivity index (χ1n) is 7.53. The van der Waals surface area contributed by atoms with E-state index >= 15 is 0 Å². The maximum Gasteiger partial charge on any atom is 0.242 e. The maximum atomic E-state index is 6.19. The van der Waals surface area contributed by atoms with Crippen molar-refractivity contribution in [1.82, 2.24) is 4.98 Å². The summed E-state index contributed by atoms with van der Waals surface area (Å²) in [6.07, 6.45) is 1.80. The van der Waals surface area contributed by atoms with Crippen molar-refractivity contribution in [2.75, 3.05) is 0 Å². The van der Waals surface area contributed by atoms with E-state index < -0.39 is 8.32 Å². The fourth-order valence-electron chi connectivity index (χ4n) is 2.22. The number of aryl methyl sites for hydroxylation is 2. The molecule has 0 aliphatic heterocycles. The Hall–Kier alpha value is -1.94. The second kappa shape index (κ2) is 6.44. The number of pyridine rings is 1. The molecule has 0 aliphatic rings. The highest BCUT2D eigenvalue weighted by molar-refractivity contribution is 6.70. The van der Waals surface area contributed by atoms with Gasteiger partial charge in [0.2, 0.25) is 8.32 Å². The predicted molar refractivity (Wildman–Crippen MR) is 96.0 cm³/mol. The van der Waals surface area contributed by atoms with Gasteiger partial charge < -0.3 is 4.43 Å². The van der Waals surface area contributed by atoms with Gasteiger partial charge in [0.05, 0.1) is 11.4 Å². The van der Waals surface area contributed by atoms with Crippen LogP contribution in [-0.4, -0.2) is 19.0 Å². The van der Waals surface area contributed by atoms with E-state index in [9.17, 15) is 0 Å². The van der Waals surface area contributed by atoms with Crippen LogP contribution in [0.5, 0.6) is 5.75 Å². The third kappa shape index (κ3) is 4.27. The SMILES string of the molecule is CC(=Nc1ccc(C)cc1O[Si](C)(C)C)c1ncccc1C. The van der Waals surface area contributed by atoms with Crippen LogP contribution in [0.25, 0.3) is 0 Å². The fraction of sp³-hybridized carbons (Fsp3) is 0.333. The highest BCUT2D eigenvalue weighted by Gasteiger charge is 2.18. The van der Waals surface area contributed by atoms with Gasteiger partial charge in [-0.1, -0.05) is 12.1 Å². The van der Waals surface area contributed by atoms with Crippen LogP contribution in [-0.2, 0) is 0 Å². The van der Waals surface area contributed by atoms with Gasteiger partial charge in [0.15, 0.2) is 0 Å². The molecule has 22 heavy (non-hydrogen) atoms. The molecule has 0 bridgehead atoms. The van der Waals surface area contributed by atoms with Crippen LogP contribution in [0.2, 0.25) is 19.6 Å². The van der Waals surface area contributed by atoms with Crippen LogP contribution in [0.3, 0.4) is 0 Å². The van der Waals surface area contributed by atoms with Crippen molar-refractivity contribution in [2.24, 2.45) is 4.99 Å². The van der Waals surface area contributed by atoms with Gasteiger partial charge in [-0.25, -0.2) is 4.99 Å². The molecule has 0 amide bonds. The second-order valence-corrected chi connectivity index (χ2v) is 11.0. The molecule has 0 saturated heterocycles. The molecule has 0 N–H and O–H groups in total. The molecular weight excluding hydrogens is 288 g/mol. The van der Waals surface area contributed by atoms with Crippen molar-refractivity contribution >= 4 is 19.7 Å². The zero-order valence-corrected chi connectivity index (χ0v) is 15.3. The van der Waals surface area contributed by atoms with E-state index in [-0.39, 0.29) is 0 Å². The van der Waals surface area contributed by atoms with Crippen molar-refractivity contribution < 1.29 is 4.43 Å². The number of hydrogen-bond donors (Lipinski definition) is 0. The lowest BCUT2D eigenvalue weighted by Gasteiger charge is -2.21. The molecule has 0 radical (unpaired) electrons. The molecule has 0 atom stereocenters. The van der Waals surface area contributed by atoms with Crippen molar-refractivity contribution in [1.29, 1.82) is 0 Å². The summed E-state index contributed by atoms with van der Waals surface area (Å²) in [7, 11) is -1.68. The molecule has 4 heteroatoms. The summed E-state index contributed by atoms with van der Waals surface area (Å²) >= 11 is 0. The van der Waals surface area contributed by atoms with E-state index in [2.05, 4.69) is 56.7 Å². The zero-order valence-electron chi connectivity index (χ0n) is 14.3. The van der Waals surface area contributed by atoms with E-state index in [1.165, 1.54) is 5.56 Å². The van der Waals surface area contributed by atoms with Crippen LogP contribution in [0.1, 0.15) is 23.7 Å². The predicted octanol–water partition coefficient (Wildman–Crippen LogP) is 5.05. The van der Waals surface area contributed by atoms with Crippen molar-refractivity contribution in [2.45, 2.75) is 40.4 Å². The molecule has 0 aliphatic carbocycles. The summed E-state index contributed by atoms with van der Waals surface area (Å²) in [5.74, 6) is 0.868. The van der Waals surface area contributed by atoms with Crippen molar-refractivity contribution in [3.63, 3.8) is 0 Å². The Kier molecular flexibility index (Phi) is 4.81. The maximum absolute atomic E-state index is 6.19. The number of hydrogen-bond acceptors (Lipinski definition) is 3. The molecule has 0 unspecified atom stereocenters. The number of benzene rings is 1. The van der Waals surface area contributed by atoms with Gasteiger partial charge in [-0.05, 0) is 69.7 Å². The third-order valence-corrected chi connectivity index (χ3v) is 4.00. The monoisotopic (exact) mass is 312 g/mol. The Morgan fingerprint density at radius 3 is 2.50 bits per heavy atom. The lowest BCUT2D eigenvalue weighted by molar-refractivity contribution is 0.558. The van der Waals surface area contributed by atoms with Crippen LogP contribution in [0, 0.1) is 13.8 Å². The van der Waals surface area contributed by atoms with Crippen LogP contribution < -0.4 is 4.43 Å². The minimum absolute atomic E-state index is 0.868. The Bertz CT molecular complexity index is 702. The zero-order chi connectivity index (χ0) is 16.3. The number of aliphatic imine (C=N–C) groups is 1. The van der Waals surface area contributed by atoms with Gasteiger partial charge >= 0.3 is 0 Å². The number of rotatable bonds is 4. The van der Waals surface area contributed by atoms with E-state index in [1.54, 1.807) is 6.20 Å². The van der Waals surface area contributed by atoms with E-state index in [0.29, 0.717) is 0 Å². The van der Waals surface area contributed by atoms with Gasteiger partial charge in [-0.2, -0.15) is 0 Å². The molecular formula is C18H24N2OSi. The van der Waals surface area contributed by atoms with Gasteiger partial charge in [-0.3, -0.25) is 4.98 Å². The summed E-state index contributed by atoms with van der Waals surface area (Å²) in [6.45, 7) is 12.7. The summed E-state index contributed by atoms with van der Waals surface area (Å²) in [4.78, 5) is 9.20. The minimum Gasteiger partial charge on any atom is -0.543 e. The topological polar surface area (TPSA) is 34.5 Å². The standard InChI is InChI=1S/C18H24N2OSi/c1-13-9-10-16(17(12-13)21-22(4,5)6)20-15(3)18-14(2)8-7-11-19-18/h7-12H,1-6H3. The first kappa shape index (κ1) is 16.4.